The van der Waals surface area contributed by atoms with Crippen LogP contribution >= 0.6 is 0 Å². The molecule has 44 heavy (non-hydrogen) atoms. The maximum Gasteiger partial charge on any atom is 0.399 e. The molecule has 3 aromatic carbocycles. The maximum absolute atomic E-state index is 13.5. The molecule has 0 amide bonds. The van der Waals surface area contributed by atoms with Crippen LogP contribution in [0.2, 0.25) is 0 Å². The molecule has 0 aliphatic heterocycles. The number of fused-ring (bicyclic) bond motifs is 2. The molecule has 2 aliphatic carbocycles. The molecule has 2 aliphatic rings. The number of esters is 1. The second kappa shape index (κ2) is 13.1. The van der Waals surface area contributed by atoms with Crippen LogP contribution in [0.4, 0.5) is 30.7 Å². The largest absolute Gasteiger partial charge is 0.743 e. The first-order valence-corrected chi connectivity index (χ1v) is 16.1. The predicted molar refractivity (Wildman–Crippen MR) is 146 cm³/mol. The average Bonchev–Trinajstić information content (AvgIpc) is 3.59. The number of halogens is 7. The SMILES string of the molecule is O=C(CC(F)(F)F)Oc1ccc([S+](c2ccccc2)c2ccccc2)cc1.O=S(=O)([O-])C(F)(F)C(F)(F)C1CC2CCC1C2. The topological polar surface area (TPSA) is 83.5 Å². The van der Waals surface area contributed by atoms with Crippen molar-refractivity contribution in [1.29, 1.82) is 0 Å². The van der Waals surface area contributed by atoms with Gasteiger partial charge in [0, 0.05) is 5.92 Å². The lowest BCUT2D eigenvalue weighted by atomic mass is 9.84. The third-order valence-corrected chi connectivity index (χ3v) is 10.6. The summed E-state index contributed by atoms with van der Waals surface area (Å²) in [7, 11) is -6.72. The molecule has 3 atom stereocenters. The van der Waals surface area contributed by atoms with Gasteiger partial charge in [0.1, 0.15) is 12.2 Å². The Morgan fingerprint density at radius 1 is 0.773 bits per heavy atom. The third kappa shape index (κ3) is 7.75. The van der Waals surface area contributed by atoms with Crippen LogP contribution in [0.1, 0.15) is 32.1 Å². The monoisotopic (exact) mass is 664 g/mol. The Bertz CT molecular complexity index is 1480. The van der Waals surface area contributed by atoms with E-state index < -0.39 is 51.7 Å². The number of hydrogen-bond donors (Lipinski definition) is 0. The lowest BCUT2D eigenvalue weighted by Crippen LogP contribution is -2.52. The van der Waals surface area contributed by atoms with Crippen LogP contribution in [0.25, 0.3) is 0 Å². The molecule has 14 heteroatoms. The fourth-order valence-electron chi connectivity index (χ4n) is 5.57. The fourth-order valence-corrected chi connectivity index (χ4v) is 8.14. The van der Waals surface area contributed by atoms with Crippen LogP contribution < -0.4 is 4.74 Å². The summed E-state index contributed by atoms with van der Waals surface area (Å²) >= 11 is 0. The van der Waals surface area contributed by atoms with Gasteiger partial charge in [-0.3, -0.25) is 4.79 Å². The molecule has 0 aromatic heterocycles. The lowest BCUT2D eigenvalue weighted by molar-refractivity contribution is -0.202. The number of carbonyl (C=O) groups excluding carboxylic acids is 1. The zero-order valence-electron chi connectivity index (χ0n) is 22.9. The van der Waals surface area contributed by atoms with Crippen LogP contribution in [0, 0.1) is 17.8 Å². The first-order valence-electron chi connectivity index (χ1n) is 13.4. The summed E-state index contributed by atoms with van der Waals surface area (Å²) in [5, 5.41) is -5.52. The van der Waals surface area contributed by atoms with Gasteiger partial charge in [0.15, 0.2) is 24.8 Å². The van der Waals surface area contributed by atoms with Crippen molar-refractivity contribution >= 4 is 27.0 Å². The highest BCUT2D eigenvalue weighted by atomic mass is 32.2. The number of rotatable bonds is 8. The van der Waals surface area contributed by atoms with Crippen molar-refractivity contribution < 1.29 is 53.2 Å². The van der Waals surface area contributed by atoms with Crippen molar-refractivity contribution in [3.63, 3.8) is 0 Å². The molecular weight excluding hydrogens is 637 g/mol. The van der Waals surface area contributed by atoms with E-state index in [0.717, 1.165) is 14.7 Å². The summed E-state index contributed by atoms with van der Waals surface area (Å²) < 4.78 is 126. The van der Waals surface area contributed by atoms with E-state index in [1.807, 2.05) is 60.7 Å². The van der Waals surface area contributed by atoms with Crippen molar-refractivity contribution in [2.75, 3.05) is 0 Å². The van der Waals surface area contributed by atoms with Gasteiger partial charge in [0.05, 0.1) is 10.9 Å². The molecule has 2 bridgehead atoms. The highest BCUT2D eigenvalue weighted by molar-refractivity contribution is 7.97. The summed E-state index contributed by atoms with van der Waals surface area (Å²) in [4.78, 5) is 14.6. The summed E-state index contributed by atoms with van der Waals surface area (Å²) in [5.41, 5.74) is 0. The zero-order valence-corrected chi connectivity index (χ0v) is 24.5. The van der Waals surface area contributed by atoms with Crippen LogP contribution in [-0.2, 0) is 25.8 Å². The quantitative estimate of drug-likeness (QED) is 0.0806. The van der Waals surface area contributed by atoms with Gasteiger partial charge in [-0.2, -0.15) is 30.7 Å². The normalized spacial score (nSPS) is 20.2. The van der Waals surface area contributed by atoms with Gasteiger partial charge < -0.3 is 9.29 Å². The second-order valence-corrected chi connectivity index (χ2v) is 14.0. The highest BCUT2D eigenvalue weighted by Crippen LogP contribution is 2.58. The lowest BCUT2D eigenvalue weighted by Gasteiger charge is -2.36. The van der Waals surface area contributed by atoms with Crippen molar-refractivity contribution in [3.8, 4) is 5.75 Å². The Morgan fingerprint density at radius 2 is 1.27 bits per heavy atom. The molecule has 2 fully saturated rings. The smallest absolute Gasteiger partial charge is 0.399 e. The van der Waals surface area contributed by atoms with Crippen molar-refractivity contribution in [1.82, 2.24) is 0 Å². The molecule has 0 heterocycles. The van der Waals surface area contributed by atoms with Crippen LogP contribution in [0.5, 0.6) is 5.75 Å². The summed E-state index contributed by atoms with van der Waals surface area (Å²) in [6.07, 6.45) is -4.76. The maximum atomic E-state index is 13.5. The number of benzene rings is 3. The molecular formula is C30H27F7O5S2. The average molecular weight is 665 g/mol. The van der Waals surface area contributed by atoms with E-state index in [2.05, 4.69) is 0 Å². The molecule has 0 N–H and O–H groups in total. The van der Waals surface area contributed by atoms with Crippen molar-refractivity contribution in [2.24, 2.45) is 17.8 Å². The second-order valence-electron chi connectivity index (χ2n) is 10.5. The van der Waals surface area contributed by atoms with Crippen LogP contribution in [-0.4, -0.2) is 36.3 Å². The van der Waals surface area contributed by atoms with E-state index in [9.17, 15) is 48.5 Å². The fraction of sp³-hybridized carbons (Fsp3) is 0.367. The van der Waals surface area contributed by atoms with Gasteiger partial charge in [0.2, 0.25) is 0 Å². The molecule has 0 radical (unpaired) electrons. The van der Waals surface area contributed by atoms with Crippen LogP contribution in [0.15, 0.2) is 99.6 Å². The minimum absolute atomic E-state index is 0.0407. The van der Waals surface area contributed by atoms with Gasteiger partial charge in [-0.05, 0) is 79.6 Å². The molecule has 3 aromatic rings. The van der Waals surface area contributed by atoms with E-state index in [0.29, 0.717) is 19.3 Å². The summed E-state index contributed by atoms with van der Waals surface area (Å²) in [6.45, 7) is 0. The van der Waals surface area contributed by atoms with Crippen molar-refractivity contribution in [2.45, 2.75) is 64.1 Å². The van der Waals surface area contributed by atoms with E-state index in [1.54, 1.807) is 12.1 Å². The predicted octanol–water partition coefficient (Wildman–Crippen LogP) is 7.84. The summed E-state index contributed by atoms with van der Waals surface area (Å²) in [6, 6.07) is 26.5. The standard InChI is InChI=1S/C21H16F3O2S.C9H12F4O3S/c22-21(23,24)15-20(25)26-16-11-13-19(14-12-16)27(17-7-3-1-4-8-17)18-9-5-2-6-10-18;10-8(11,9(12,13)17(14,15)16)7-4-5-1-2-6(7)3-5/h1-14H,15H2;5-7H,1-4H2,(H,14,15,16)/q+1;/p-1. The number of carbonyl (C=O) groups is 1. The Morgan fingerprint density at radius 3 is 1.68 bits per heavy atom. The van der Waals surface area contributed by atoms with Crippen LogP contribution in [0.3, 0.4) is 0 Å². The molecule has 0 spiro atoms. The minimum atomic E-state index is -6.35. The Hall–Kier alpha value is -3.10. The molecule has 3 unspecified atom stereocenters. The molecule has 238 valence electrons. The van der Waals surface area contributed by atoms with Gasteiger partial charge in [0.25, 0.3) is 0 Å². The van der Waals surface area contributed by atoms with E-state index in [4.69, 9.17) is 4.74 Å². The van der Waals surface area contributed by atoms with E-state index in [1.165, 1.54) is 12.1 Å². The minimum Gasteiger partial charge on any atom is -0.743 e. The number of hydrogen-bond acceptors (Lipinski definition) is 5. The van der Waals surface area contributed by atoms with E-state index in [-0.39, 0.29) is 29.0 Å². The van der Waals surface area contributed by atoms with Gasteiger partial charge in [-0.25, -0.2) is 8.42 Å². The molecule has 5 rings (SSSR count). The molecule has 0 saturated heterocycles. The van der Waals surface area contributed by atoms with Gasteiger partial charge in [-0.1, -0.05) is 42.8 Å². The number of ether oxygens (including phenoxy) is 1. The highest BCUT2D eigenvalue weighted by Gasteiger charge is 2.68. The molecule has 2 saturated carbocycles. The number of alkyl halides is 7. The van der Waals surface area contributed by atoms with E-state index >= 15 is 0 Å². The Kier molecular flexibility index (Phi) is 10.1. The first kappa shape index (κ1) is 33.8. The third-order valence-electron chi connectivity index (χ3n) is 7.50. The first-order chi connectivity index (χ1) is 20.5. The summed E-state index contributed by atoms with van der Waals surface area (Å²) in [5.74, 6) is -8.32. The molecule has 5 nitrogen and oxygen atoms in total. The zero-order chi connectivity index (χ0) is 32.3. The van der Waals surface area contributed by atoms with Gasteiger partial charge >= 0.3 is 23.3 Å². The van der Waals surface area contributed by atoms with Crippen molar-refractivity contribution in [3.05, 3.63) is 84.9 Å². The Balaban J connectivity index is 0.000000223. The Labute approximate surface area is 252 Å². The van der Waals surface area contributed by atoms with Gasteiger partial charge in [-0.15, -0.1) is 0 Å².